The quantitative estimate of drug-likeness (QED) is 0.821. The molecule has 0 aliphatic rings. The van der Waals surface area contributed by atoms with Gasteiger partial charge in [-0.3, -0.25) is 9.59 Å². The van der Waals surface area contributed by atoms with Gasteiger partial charge in [-0.25, -0.2) is 0 Å². The van der Waals surface area contributed by atoms with Crippen molar-refractivity contribution in [2.24, 2.45) is 0 Å². The topological polar surface area (TPSA) is 58.2 Å². The molecule has 4 nitrogen and oxygen atoms in total. The van der Waals surface area contributed by atoms with Gasteiger partial charge in [0, 0.05) is 24.2 Å². The van der Waals surface area contributed by atoms with Crippen molar-refractivity contribution in [3.05, 3.63) is 35.9 Å². The minimum Gasteiger partial charge on any atom is -0.348 e. The molecule has 0 aliphatic carbocycles. The van der Waals surface area contributed by atoms with Crippen LogP contribution in [0.1, 0.15) is 33.3 Å². The summed E-state index contributed by atoms with van der Waals surface area (Å²) >= 11 is 0. The monoisotopic (exact) mass is 260 g/mol. The van der Waals surface area contributed by atoms with E-state index in [1.165, 1.54) is 13.0 Å². The molecule has 0 bridgehead atoms. The fraction of sp³-hybridized carbons (Fsp3) is 0.333. The maximum absolute atomic E-state index is 11.6. The first-order chi connectivity index (χ1) is 8.76. The highest BCUT2D eigenvalue weighted by Crippen LogP contribution is 2.10. The van der Waals surface area contributed by atoms with Crippen LogP contribution in [0.4, 0.5) is 5.69 Å². The Morgan fingerprint density at radius 3 is 2.16 bits per heavy atom. The van der Waals surface area contributed by atoms with Crippen LogP contribution in [0, 0.1) is 0 Å². The number of nitrogens with one attached hydrogen (secondary N) is 2. The molecule has 0 saturated carbocycles. The Hall–Kier alpha value is -2.10. The first kappa shape index (κ1) is 15.0. The predicted octanol–water partition coefficient (Wildman–Crippen LogP) is 2.57. The van der Waals surface area contributed by atoms with Crippen LogP contribution in [-0.4, -0.2) is 17.4 Å². The number of hydrogen-bond acceptors (Lipinski definition) is 2. The van der Waals surface area contributed by atoms with Gasteiger partial charge < -0.3 is 10.6 Å². The third-order valence-corrected chi connectivity index (χ3v) is 2.16. The van der Waals surface area contributed by atoms with Crippen LogP contribution < -0.4 is 10.6 Å². The fourth-order valence-electron chi connectivity index (χ4n) is 1.46. The zero-order valence-electron chi connectivity index (χ0n) is 11.8. The van der Waals surface area contributed by atoms with Crippen molar-refractivity contribution in [1.82, 2.24) is 5.32 Å². The second-order valence-electron chi connectivity index (χ2n) is 5.38. The molecule has 0 atom stereocenters. The molecule has 2 N–H and O–H groups in total. The standard InChI is InChI=1S/C15H20N2O2/c1-11(18)16-13-8-5-12(6-9-13)7-10-14(19)17-15(2,3)4/h5-10H,1-4H3,(H,16,18)(H,17,19)/b10-7+. The Balaban J connectivity index is 2.62. The SMILES string of the molecule is CC(=O)Nc1ccc(/C=C/C(=O)NC(C)(C)C)cc1. The van der Waals surface area contributed by atoms with Crippen molar-refractivity contribution in [2.45, 2.75) is 33.2 Å². The van der Waals surface area contributed by atoms with Crippen molar-refractivity contribution in [3.63, 3.8) is 0 Å². The van der Waals surface area contributed by atoms with Gasteiger partial charge in [0.1, 0.15) is 0 Å². The van der Waals surface area contributed by atoms with Crippen LogP contribution in [0.15, 0.2) is 30.3 Å². The summed E-state index contributed by atoms with van der Waals surface area (Å²) < 4.78 is 0. The van der Waals surface area contributed by atoms with E-state index in [9.17, 15) is 9.59 Å². The largest absolute Gasteiger partial charge is 0.348 e. The highest BCUT2D eigenvalue weighted by Gasteiger charge is 2.10. The Kier molecular flexibility index (Phi) is 4.87. The number of hydrogen-bond donors (Lipinski definition) is 2. The summed E-state index contributed by atoms with van der Waals surface area (Å²) in [6.45, 7) is 7.26. The van der Waals surface area contributed by atoms with Gasteiger partial charge in [0.25, 0.3) is 0 Å². The molecule has 2 amide bonds. The minimum absolute atomic E-state index is 0.104. The molecule has 0 spiro atoms. The molecule has 0 aromatic heterocycles. The lowest BCUT2D eigenvalue weighted by molar-refractivity contribution is -0.117. The molecule has 1 aromatic rings. The fourth-order valence-corrected chi connectivity index (χ4v) is 1.46. The highest BCUT2D eigenvalue weighted by molar-refractivity contribution is 5.92. The van der Waals surface area contributed by atoms with E-state index >= 15 is 0 Å². The molecule has 0 radical (unpaired) electrons. The van der Waals surface area contributed by atoms with Gasteiger partial charge in [-0.1, -0.05) is 12.1 Å². The summed E-state index contributed by atoms with van der Waals surface area (Å²) in [5, 5.41) is 5.53. The van der Waals surface area contributed by atoms with E-state index in [1.54, 1.807) is 18.2 Å². The van der Waals surface area contributed by atoms with Crippen molar-refractivity contribution >= 4 is 23.6 Å². The summed E-state index contributed by atoms with van der Waals surface area (Å²) in [5.41, 5.74) is 1.40. The van der Waals surface area contributed by atoms with Crippen molar-refractivity contribution in [2.75, 3.05) is 5.32 Å². The van der Waals surface area contributed by atoms with Crippen LogP contribution in [0.2, 0.25) is 0 Å². The van der Waals surface area contributed by atoms with E-state index in [1.807, 2.05) is 32.9 Å². The Labute approximate surface area is 113 Å². The zero-order chi connectivity index (χ0) is 14.5. The Morgan fingerprint density at radius 1 is 1.11 bits per heavy atom. The second kappa shape index (κ2) is 6.18. The predicted molar refractivity (Wildman–Crippen MR) is 77.7 cm³/mol. The van der Waals surface area contributed by atoms with Crippen LogP contribution in [0.5, 0.6) is 0 Å². The van der Waals surface area contributed by atoms with Crippen LogP contribution in [-0.2, 0) is 9.59 Å². The van der Waals surface area contributed by atoms with Gasteiger partial charge in [-0.2, -0.15) is 0 Å². The normalized spacial score (nSPS) is 11.4. The maximum atomic E-state index is 11.6. The van der Waals surface area contributed by atoms with Crippen LogP contribution in [0.25, 0.3) is 6.08 Å². The molecule has 1 rings (SSSR count). The first-order valence-electron chi connectivity index (χ1n) is 6.14. The molecule has 1 aromatic carbocycles. The van der Waals surface area contributed by atoms with E-state index in [4.69, 9.17) is 0 Å². The Morgan fingerprint density at radius 2 is 1.68 bits per heavy atom. The van der Waals surface area contributed by atoms with Gasteiger partial charge in [-0.15, -0.1) is 0 Å². The first-order valence-corrected chi connectivity index (χ1v) is 6.14. The highest BCUT2D eigenvalue weighted by atomic mass is 16.2. The summed E-state index contributed by atoms with van der Waals surface area (Å²) in [7, 11) is 0. The lowest BCUT2D eigenvalue weighted by Gasteiger charge is -2.18. The van der Waals surface area contributed by atoms with E-state index < -0.39 is 0 Å². The van der Waals surface area contributed by atoms with Crippen LogP contribution >= 0.6 is 0 Å². The third-order valence-electron chi connectivity index (χ3n) is 2.16. The number of anilines is 1. The summed E-state index contributed by atoms with van der Waals surface area (Å²) in [6, 6.07) is 7.27. The molecule has 0 unspecified atom stereocenters. The zero-order valence-corrected chi connectivity index (χ0v) is 11.8. The lowest BCUT2D eigenvalue weighted by atomic mass is 10.1. The van der Waals surface area contributed by atoms with Gasteiger partial charge in [0.05, 0.1) is 0 Å². The van der Waals surface area contributed by atoms with Crippen molar-refractivity contribution < 1.29 is 9.59 Å². The average molecular weight is 260 g/mol. The Bertz CT molecular complexity index is 482. The van der Waals surface area contributed by atoms with E-state index in [0.717, 1.165) is 11.3 Å². The number of carbonyl (C=O) groups excluding carboxylic acids is 2. The smallest absolute Gasteiger partial charge is 0.244 e. The molecule has 19 heavy (non-hydrogen) atoms. The maximum Gasteiger partial charge on any atom is 0.244 e. The van der Waals surface area contributed by atoms with E-state index in [-0.39, 0.29) is 17.4 Å². The molecule has 0 heterocycles. The van der Waals surface area contributed by atoms with Gasteiger partial charge in [-0.05, 0) is 44.5 Å². The number of carbonyl (C=O) groups is 2. The second-order valence-corrected chi connectivity index (χ2v) is 5.38. The summed E-state index contributed by atoms with van der Waals surface area (Å²) in [4.78, 5) is 22.5. The minimum atomic E-state index is -0.239. The van der Waals surface area contributed by atoms with Gasteiger partial charge in [0.15, 0.2) is 0 Å². The molecular formula is C15H20N2O2. The average Bonchev–Trinajstić information content (AvgIpc) is 2.25. The molecule has 0 saturated heterocycles. The molecule has 0 fully saturated rings. The summed E-state index contributed by atoms with van der Waals surface area (Å²) in [5.74, 6) is -0.230. The van der Waals surface area contributed by atoms with Crippen LogP contribution in [0.3, 0.4) is 0 Å². The summed E-state index contributed by atoms with van der Waals surface area (Å²) in [6.07, 6.45) is 3.23. The van der Waals surface area contributed by atoms with E-state index in [2.05, 4.69) is 10.6 Å². The third kappa shape index (κ3) is 6.41. The molecule has 4 heteroatoms. The number of benzene rings is 1. The van der Waals surface area contributed by atoms with Crippen molar-refractivity contribution in [3.8, 4) is 0 Å². The number of rotatable bonds is 3. The van der Waals surface area contributed by atoms with Gasteiger partial charge in [0.2, 0.25) is 11.8 Å². The lowest BCUT2D eigenvalue weighted by Crippen LogP contribution is -2.39. The van der Waals surface area contributed by atoms with Crippen molar-refractivity contribution in [1.29, 1.82) is 0 Å². The molecule has 102 valence electrons. The molecule has 0 aliphatic heterocycles. The molecular weight excluding hydrogens is 240 g/mol. The number of amides is 2. The van der Waals surface area contributed by atoms with E-state index in [0.29, 0.717) is 0 Å². The van der Waals surface area contributed by atoms with Gasteiger partial charge >= 0.3 is 0 Å².